The number of benzene rings is 2. The van der Waals surface area contributed by atoms with Crippen molar-refractivity contribution in [2.24, 2.45) is 0 Å². The van der Waals surface area contributed by atoms with E-state index in [2.05, 4.69) is 0 Å². The summed E-state index contributed by atoms with van der Waals surface area (Å²) in [5.74, 6) is -1.89. The fraction of sp³-hybridized carbons (Fsp3) is 0.333. The van der Waals surface area contributed by atoms with E-state index in [9.17, 15) is 24.2 Å². The molecule has 0 spiro atoms. The largest absolute Gasteiger partial charge is 0.507 e. The Hall–Kier alpha value is -3.87. The molecule has 1 fully saturated rings. The molecule has 0 saturated carbocycles. The number of phenolic OH excluding ortho intramolecular Hbond substituents is 1. The molecule has 7 heteroatoms. The van der Waals surface area contributed by atoms with E-state index in [1.807, 2.05) is 41.5 Å². The number of carbonyl (C=O) groups excluding carboxylic acids is 2. The number of hydrogen-bond acceptors (Lipinski definition) is 5. The molecule has 3 aromatic rings. The predicted octanol–water partition coefficient (Wildman–Crippen LogP) is 6.34. The summed E-state index contributed by atoms with van der Waals surface area (Å²) in [6.45, 7) is 11.8. The lowest BCUT2D eigenvalue weighted by Gasteiger charge is -2.31. The van der Waals surface area contributed by atoms with Crippen LogP contribution in [-0.4, -0.2) is 26.8 Å². The van der Waals surface area contributed by atoms with Crippen LogP contribution in [-0.2, 0) is 27.0 Å². The molecule has 194 valence electrons. The second kappa shape index (κ2) is 9.21. The SMILES string of the molecule is CC(C)(C)c1cc(C2/C(=C(\O)c3ccc(F)cc3)C(=O)C(=O)N2Cc2ccco2)cc(C(C)(C)C)c1O. The minimum atomic E-state index is -0.960. The highest BCUT2D eigenvalue weighted by Crippen LogP contribution is 2.46. The Morgan fingerprint density at radius 2 is 1.54 bits per heavy atom. The molecule has 4 rings (SSSR count). The average Bonchev–Trinajstić information content (AvgIpc) is 3.40. The van der Waals surface area contributed by atoms with Gasteiger partial charge in [-0.2, -0.15) is 0 Å². The highest BCUT2D eigenvalue weighted by atomic mass is 19.1. The quantitative estimate of drug-likeness (QED) is 0.245. The summed E-state index contributed by atoms with van der Waals surface area (Å²) in [4.78, 5) is 28.1. The number of carbonyl (C=O) groups is 2. The standard InChI is InChI=1S/C30H32FNO5/c1-29(2,3)21-14-18(15-22(26(21)34)30(4,5)6)24-23(25(33)17-9-11-19(31)12-10-17)27(35)28(36)32(24)16-20-8-7-13-37-20/h7-15,24,33-34H,16H2,1-6H3/b25-23+. The lowest BCUT2D eigenvalue weighted by Crippen LogP contribution is -2.29. The number of aromatic hydroxyl groups is 1. The van der Waals surface area contributed by atoms with Crippen molar-refractivity contribution in [2.45, 2.75) is 65.0 Å². The normalized spacial score (nSPS) is 18.0. The molecule has 1 saturated heterocycles. The summed E-state index contributed by atoms with van der Waals surface area (Å²) >= 11 is 0. The van der Waals surface area contributed by atoms with E-state index < -0.39 is 40.1 Å². The van der Waals surface area contributed by atoms with Crippen LogP contribution in [0.3, 0.4) is 0 Å². The van der Waals surface area contributed by atoms with Gasteiger partial charge >= 0.3 is 0 Å². The van der Waals surface area contributed by atoms with Crippen LogP contribution in [0, 0.1) is 5.82 Å². The lowest BCUT2D eigenvalue weighted by atomic mass is 9.77. The molecule has 0 radical (unpaired) electrons. The van der Waals surface area contributed by atoms with Crippen LogP contribution < -0.4 is 0 Å². The maximum Gasteiger partial charge on any atom is 0.296 e. The number of rotatable bonds is 4. The maximum absolute atomic E-state index is 13.6. The Kier molecular flexibility index (Phi) is 6.52. The minimum Gasteiger partial charge on any atom is -0.507 e. The number of nitrogens with zero attached hydrogens (tertiary/aromatic N) is 1. The maximum atomic E-state index is 13.6. The smallest absolute Gasteiger partial charge is 0.296 e. The number of halogens is 1. The molecule has 1 aliphatic rings. The highest BCUT2D eigenvalue weighted by Gasteiger charge is 2.47. The van der Waals surface area contributed by atoms with Gasteiger partial charge in [-0.25, -0.2) is 4.39 Å². The van der Waals surface area contributed by atoms with Gasteiger partial charge < -0.3 is 19.5 Å². The molecule has 2 aromatic carbocycles. The number of hydrogen-bond donors (Lipinski definition) is 2. The minimum absolute atomic E-state index is 0.000976. The molecule has 0 aliphatic carbocycles. The van der Waals surface area contributed by atoms with Crippen LogP contribution in [0.15, 0.2) is 64.8 Å². The molecular formula is C30H32FNO5. The molecule has 1 unspecified atom stereocenters. The first-order chi connectivity index (χ1) is 17.2. The highest BCUT2D eigenvalue weighted by molar-refractivity contribution is 6.46. The van der Waals surface area contributed by atoms with Gasteiger partial charge in [-0.3, -0.25) is 9.59 Å². The predicted molar refractivity (Wildman–Crippen MR) is 138 cm³/mol. The second-order valence-electron chi connectivity index (χ2n) is 11.5. The number of likely N-dealkylation sites (tertiary alicyclic amines) is 1. The monoisotopic (exact) mass is 505 g/mol. The first-order valence-electron chi connectivity index (χ1n) is 12.1. The van der Waals surface area contributed by atoms with Gasteiger partial charge in [-0.15, -0.1) is 0 Å². The van der Waals surface area contributed by atoms with Gasteiger partial charge in [0, 0.05) is 5.56 Å². The Bertz CT molecular complexity index is 1340. The Labute approximate surface area is 216 Å². The molecule has 37 heavy (non-hydrogen) atoms. The van der Waals surface area contributed by atoms with Crippen molar-refractivity contribution in [1.29, 1.82) is 0 Å². The van der Waals surface area contributed by atoms with E-state index in [1.165, 1.54) is 35.4 Å². The zero-order valence-corrected chi connectivity index (χ0v) is 21.9. The van der Waals surface area contributed by atoms with E-state index >= 15 is 0 Å². The van der Waals surface area contributed by atoms with Crippen molar-refractivity contribution >= 4 is 17.4 Å². The first kappa shape index (κ1) is 26.2. The number of Topliss-reactive ketones (excluding diaryl/α,β-unsaturated/α-hetero) is 1. The van der Waals surface area contributed by atoms with Crippen LogP contribution in [0.2, 0.25) is 0 Å². The van der Waals surface area contributed by atoms with E-state index in [0.29, 0.717) is 22.5 Å². The van der Waals surface area contributed by atoms with Crippen molar-refractivity contribution in [2.75, 3.05) is 0 Å². The number of ketones is 1. The van der Waals surface area contributed by atoms with Crippen LogP contribution in [0.25, 0.3) is 5.76 Å². The number of phenols is 1. The molecular weight excluding hydrogens is 473 g/mol. The summed E-state index contributed by atoms with van der Waals surface area (Å²) in [6, 6.07) is 11.1. The zero-order chi connectivity index (χ0) is 27.3. The average molecular weight is 506 g/mol. The summed E-state index contributed by atoms with van der Waals surface area (Å²) in [7, 11) is 0. The number of amides is 1. The molecule has 1 aliphatic heterocycles. The van der Waals surface area contributed by atoms with Crippen LogP contribution in [0.5, 0.6) is 5.75 Å². The molecule has 2 N–H and O–H groups in total. The Balaban J connectivity index is 2.02. The van der Waals surface area contributed by atoms with Crippen molar-refractivity contribution in [3.05, 3.63) is 94.2 Å². The van der Waals surface area contributed by atoms with Gasteiger partial charge in [0.15, 0.2) is 0 Å². The summed E-state index contributed by atoms with van der Waals surface area (Å²) < 4.78 is 19.0. The topological polar surface area (TPSA) is 91.0 Å². The van der Waals surface area contributed by atoms with Gasteiger partial charge in [0.1, 0.15) is 23.1 Å². The fourth-order valence-electron chi connectivity index (χ4n) is 4.68. The number of furan rings is 1. The third-order valence-electron chi connectivity index (χ3n) is 6.63. The van der Waals surface area contributed by atoms with E-state index in [-0.39, 0.29) is 23.4 Å². The molecule has 0 bridgehead atoms. The third kappa shape index (κ3) is 4.90. The molecule has 2 heterocycles. The van der Waals surface area contributed by atoms with E-state index in [0.717, 1.165) is 0 Å². The summed E-state index contributed by atoms with van der Waals surface area (Å²) in [5.41, 5.74) is 1.08. The molecule has 1 atom stereocenters. The van der Waals surface area contributed by atoms with Gasteiger partial charge in [-0.1, -0.05) is 41.5 Å². The second-order valence-corrected chi connectivity index (χ2v) is 11.5. The van der Waals surface area contributed by atoms with Crippen molar-refractivity contribution in [3.8, 4) is 5.75 Å². The van der Waals surface area contributed by atoms with Crippen LogP contribution in [0.1, 0.15) is 75.6 Å². The summed E-state index contributed by atoms with van der Waals surface area (Å²) in [5, 5.41) is 22.5. The zero-order valence-electron chi connectivity index (χ0n) is 21.9. The Morgan fingerprint density at radius 3 is 2.03 bits per heavy atom. The number of aliphatic hydroxyl groups is 1. The van der Waals surface area contributed by atoms with Crippen molar-refractivity contribution in [3.63, 3.8) is 0 Å². The van der Waals surface area contributed by atoms with E-state index in [1.54, 1.807) is 24.3 Å². The van der Waals surface area contributed by atoms with Crippen molar-refractivity contribution in [1.82, 2.24) is 4.90 Å². The molecule has 1 aromatic heterocycles. The van der Waals surface area contributed by atoms with Gasteiger partial charge in [-0.05, 0) is 76.1 Å². The van der Waals surface area contributed by atoms with Crippen LogP contribution >= 0.6 is 0 Å². The van der Waals surface area contributed by atoms with Crippen LogP contribution in [0.4, 0.5) is 4.39 Å². The number of aliphatic hydroxyl groups excluding tert-OH is 1. The molecule has 1 amide bonds. The Morgan fingerprint density at radius 1 is 0.973 bits per heavy atom. The third-order valence-corrected chi connectivity index (χ3v) is 6.63. The van der Waals surface area contributed by atoms with Gasteiger partial charge in [0.25, 0.3) is 11.7 Å². The van der Waals surface area contributed by atoms with E-state index in [4.69, 9.17) is 4.42 Å². The van der Waals surface area contributed by atoms with Crippen molar-refractivity contribution < 1.29 is 28.6 Å². The van der Waals surface area contributed by atoms with Gasteiger partial charge in [0.05, 0.1) is 24.4 Å². The molecule has 6 nitrogen and oxygen atoms in total. The first-order valence-corrected chi connectivity index (χ1v) is 12.1. The lowest BCUT2D eigenvalue weighted by molar-refractivity contribution is -0.140. The fourth-order valence-corrected chi connectivity index (χ4v) is 4.68. The van der Waals surface area contributed by atoms with Gasteiger partial charge in [0.2, 0.25) is 0 Å². The summed E-state index contributed by atoms with van der Waals surface area (Å²) in [6.07, 6.45) is 1.48.